The van der Waals surface area contributed by atoms with E-state index in [0.717, 1.165) is 0 Å². The van der Waals surface area contributed by atoms with E-state index in [2.05, 4.69) is 20.3 Å². The number of benzene rings is 6. The van der Waals surface area contributed by atoms with Crippen molar-refractivity contribution >= 4 is 23.5 Å². The summed E-state index contributed by atoms with van der Waals surface area (Å²) in [7, 11) is 1.66. The Morgan fingerprint density at radius 2 is 0.957 bits per heavy atom. The van der Waals surface area contributed by atoms with Crippen LogP contribution in [0.1, 0.15) is 11.0 Å². The number of rotatable bonds is 9. The quantitative estimate of drug-likeness (QED) is 0.163. The minimum Gasteiger partial charge on any atom is -0.386 e. The van der Waals surface area contributed by atoms with Gasteiger partial charge < -0.3 is 5.32 Å². The number of anilines is 3. The van der Waals surface area contributed by atoms with Crippen molar-refractivity contribution < 1.29 is 15.8 Å². The minimum absolute atomic E-state index is 0.0434. The minimum atomic E-state index is -0.579. The molecule has 0 radical (unpaired) electrons. The van der Waals surface area contributed by atoms with Crippen LogP contribution in [0.5, 0.6) is 0 Å². The first-order chi connectivity index (χ1) is 26.5. The highest BCUT2D eigenvalue weighted by Crippen LogP contribution is 2.35. The SMILES string of the molecule is [2H]c1c([2H])c(-c2c([2H])c([2H])c(-c3nc(-c4ccccc4)nc(-c4ccccc4)n3)c([2H])c2[2H])c([2H])c([2H])c1-c1ccc(N(C=O)c2ccccc2)c(NC)c1. The number of nitrogens with one attached hydrogen (secondary N) is 1. The second kappa shape index (κ2) is 13.3. The summed E-state index contributed by atoms with van der Waals surface area (Å²) >= 11 is 0. The van der Waals surface area contributed by atoms with Crippen LogP contribution in [-0.2, 0) is 4.79 Å². The van der Waals surface area contributed by atoms with Gasteiger partial charge in [-0.1, -0.05) is 133 Å². The van der Waals surface area contributed by atoms with Gasteiger partial charge >= 0.3 is 0 Å². The van der Waals surface area contributed by atoms with E-state index in [-0.39, 0.29) is 34.2 Å². The molecule has 6 heteroatoms. The summed E-state index contributed by atoms with van der Waals surface area (Å²) in [6.07, 6.45) is 0.671. The highest BCUT2D eigenvalue weighted by molar-refractivity contribution is 5.93. The van der Waals surface area contributed by atoms with Gasteiger partial charge in [0.25, 0.3) is 0 Å². The van der Waals surface area contributed by atoms with Gasteiger partial charge in [0.1, 0.15) is 0 Å². The first-order valence-electron chi connectivity index (χ1n) is 18.8. The van der Waals surface area contributed by atoms with Crippen LogP contribution in [0.15, 0.2) is 158 Å². The van der Waals surface area contributed by atoms with E-state index in [0.29, 0.717) is 40.2 Å². The molecule has 1 N–H and O–H groups in total. The van der Waals surface area contributed by atoms with Crippen molar-refractivity contribution in [2.75, 3.05) is 17.3 Å². The normalized spacial score (nSPS) is 13.1. The fourth-order valence-electron chi connectivity index (χ4n) is 5.00. The Morgan fingerprint density at radius 1 is 0.532 bits per heavy atom. The van der Waals surface area contributed by atoms with Crippen LogP contribution >= 0.6 is 0 Å². The molecule has 1 amide bonds. The van der Waals surface area contributed by atoms with Gasteiger partial charge in [-0.3, -0.25) is 9.69 Å². The molecule has 0 bridgehead atoms. The summed E-state index contributed by atoms with van der Waals surface area (Å²) in [6, 6.07) is 27.8. The molecule has 0 saturated heterocycles. The van der Waals surface area contributed by atoms with Crippen LogP contribution in [0.4, 0.5) is 17.1 Å². The molecular formula is C41H31N5O. The van der Waals surface area contributed by atoms with Crippen LogP contribution in [0.25, 0.3) is 56.4 Å². The number of amides is 1. The van der Waals surface area contributed by atoms with Crippen molar-refractivity contribution in [2.24, 2.45) is 0 Å². The summed E-state index contributed by atoms with van der Waals surface area (Å²) in [5.74, 6) is 0.415. The molecule has 47 heavy (non-hydrogen) atoms. The summed E-state index contributed by atoms with van der Waals surface area (Å²) in [5.41, 5.74) is 2.18. The zero-order valence-electron chi connectivity index (χ0n) is 33.2. The maximum atomic E-state index is 12.2. The molecule has 0 spiro atoms. The lowest BCUT2D eigenvalue weighted by Gasteiger charge is -2.21. The second-order valence-electron chi connectivity index (χ2n) is 10.3. The van der Waals surface area contributed by atoms with Gasteiger partial charge in [-0.15, -0.1) is 0 Å². The van der Waals surface area contributed by atoms with Gasteiger partial charge in [0.15, 0.2) is 17.5 Å². The molecule has 1 aromatic heterocycles. The van der Waals surface area contributed by atoms with Crippen LogP contribution in [0.2, 0.25) is 0 Å². The summed E-state index contributed by atoms with van der Waals surface area (Å²) < 4.78 is 72.3. The molecule has 0 unspecified atom stereocenters. The topological polar surface area (TPSA) is 71.0 Å². The molecule has 7 rings (SSSR count). The largest absolute Gasteiger partial charge is 0.386 e. The van der Waals surface area contributed by atoms with E-state index in [9.17, 15) is 4.79 Å². The number of hydrogen-bond donors (Lipinski definition) is 1. The molecule has 1 heterocycles. The second-order valence-corrected chi connectivity index (χ2v) is 10.3. The van der Waals surface area contributed by atoms with Crippen molar-refractivity contribution in [3.05, 3.63) is 158 Å². The molecule has 6 aromatic carbocycles. The highest BCUT2D eigenvalue weighted by Gasteiger charge is 2.15. The van der Waals surface area contributed by atoms with E-state index in [1.807, 2.05) is 42.5 Å². The van der Waals surface area contributed by atoms with Gasteiger partial charge in [0.2, 0.25) is 6.41 Å². The number of aromatic nitrogens is 3. The molecule has 0 aliphatic carbocycles. The monoisotopic (exact) mass is 617 g/mol. The number of hydrogen-bond acceptors (Lipinski definition) is 5. The van der Waals surface area contributed by atoms with Gasteiger partial charge in [-0.05, 0) is 46.5 Å². The third-order valence-corrected chi connectivity index (χ3v) is 7.38. The predicted octanol–water partition coefficient (Wildman–Crippen LogP) is 9.54. The Morgan fingerprint density at radius 3 is 1.43 bits per heavy atom. The van der Waals surface area contributed by atoms with E-state index in [4.69, 9.17) is 11.0 Å². The van der Waals surface area contributed by atoms with E-state index in [1.165, 1.54) is 4.90 Å². The third kappa shape index (κ3) is 6.26. The van der Waals surface area contributed by atoms with E-state index < -0.39 is 53.9 Å². The number of para-hydroxylation sites is 1. The van der Waals surface area contributed by atoms with Crippen molar-refractivity contribution in [3.63, 3.8) is 0 Å². The first-order valence-corrected chi connectivity index (χ1v) is 14.8. The Balaban J connectivity index is 1.37. The van der Waals surface area contributed by atoms with Crippen molar-refractivity contribution in [3.8, 4) is 56.4 Å². The lowest BCUT2D eigenvalue weighted by molar-refractivity contribution is -0.106. The van der Waals surface area contributed by atoms with Gasteiger partial charge in [0, 0.05) is 29.4 Å². The Hall–Kier alpha value is -6.40. The van der Waals surface area contributed by atoms with Crippen LogP contribution in [-0.4, -0.2) is 28.4 Å². The van der Waals surface area contributed by atoms with Gasteiger partial charge in [-0.25, -0.2) is 15.0 Å². The molecule has 7 aromatic rings. The van der Waals surface area contributed by atoms with Crippen LogP contribution in [0, 0.1) is 0 Å². The first kappa shape index (κ1) is 21.4. The van der Waals surface area contributed by atoms with Gasteiger partial charge in [0.05, 0.1) is 22.3 Å². The predicted molar refractivity (Wildman–Crippen MR) is 191 cm³/mol. The van der Waals surface area contributed by atoms with Crippen LogP contribution < -0.4 is 10.2 Å². The summed E-state index contributed by atoms with van der Waals surface area (Å²) in [6.45, 7) is 0. The average molecular weight is 618 g/mol. The summed E-state index contributed by atoms with van der Waals surface area (Å²) in [5, 5.41) is 3.05. The maximum absolute atomic E-state index is 12.2. The highest BCUT2D eigenvalue weighted by atomic mass is 16.1. The maximum Gasteiger partial charge on any atom is 0.218 e. The standard InChI is InChI=1S/C41H31N5O/c1-42-37-27-35(25-26-38(37)46(28-47)36-15-9-4-10-16-36)31-19-17-29(18-20-31)30-21-23-34(24-22-30)41-44-39(32-11-5-2-6-12-32)43-40(45-41)33-13-7-3-8-14-33/h2-28,42H,1H3/i17D,18D,19D,20D,21D,22D,23D,24D. The van der Waals surface area contributed by atoms with Gasteiger partial charge in [-0.2, -0.15) is 0 Å². The van der Waals surface area contributed by atoms with E-state index >= 15 is 0 Å². The van der Waals surface area contributed by atoms with Crippen molar-refractivity contribution in [1.82, 2.24) is 15.0 Å². The number of nitrogens with zero attached hydrogens (tertiary/aromatic N) is 4. The smallest absolute Gasteiger partial charge is 0.218 e. The number of carbonyl (C=O) groups excluding carboxylic acids is 1. The lowest BCUT2D eigenvalue weighted by atomic mass is 9.98. The molecule has 6 nitrogen and oxygen atoms in total. The van der Waals surface area contributed by atoms with Crippen LogP contribution in [0.3, 0.4) is 0 Å². The summed E-state index contributed by atoms with van der Waals surface area (Å²) in [4.78, 5) is 27.4. The zero-order valence-corrected chi connectivity index (χ0v) is 25.2. The molecule has 0 atom stereocenters. The van der Waals surface area contributed by atoms with Crippen molar-refractivity contribution in [1.29, 1.82) is 0 Å². The number of carbonyl (C=O) groups is 1. The molecule has 0 aliphatic rings. The van der Waals surface area contributed by atoms with Crippen molar-refractivity contribution in [2.45, 2.75) is 0 Å². The molecule has 226 valence electrons. The zero-order chi connectivity index (χ0) is 39.0. The Labute approximate surface area is 285 Å². The Bertz CT molecular complexity index is 2480. The lowest BCUT2D eigenvalue weighted by Crippen LogP contribution is -2.15. The molecule has 0 aliphatic heterocycles. The fraction of sp³-hybridized carbons (Fsp3) is 0.0244. The van der Waals surface area contributed by atoms with E-state index in [1.54, 1.807) is 73.8 Å². The Kier molecular flexibility index (Phi) is 6.04. The molecule has 0 fully saturated rings. The molecule has 0 saturated carbocycles. The average Bonchev–Trinajstić information content (AvgIpc) is 3.22. The third-order valence-electron chi connectivity index (χ3n) is 7.38. The fourth-order valence-corrected chi connectivity index (χ4v) is 5.00. The molecular weight excluding hydrogens is 578 g/mol.